The summed E-state index contributed by atoms with van der Waals surface area (Å²) in [5, 5.41) is 8.93. The number of halogens is 6. The summed E-state index contributed by atoms with van der Waals surface area (Å²) in [5.74, 6) is -1.77. The Morgan fingerprint density at radius 1 is 0.800 bits per heavy atom. The third-order valence-corrected chi connectivity index (χ3v) is 2.81. The SMILES string of the molecule is OC(C1CCCC1)(C(F)(F)F)C(F)(F)F. The van der Waals surface area contributed by atoms with Gasteiger partial charge in [-0.2, -0.15) is 26.3 Å². The van der Waals surface area contributed by atoms with Crippen LogP contribution in [0.1, 0.15) is 25.7 Å². The Bertz CT molecular complexity index is 210. The van der Waals surface area contributed by atoms with E-state index >= 15 is 0 Å². The third kappa shape index (κ3) is 1.93. The van der Waals surface area contributed by atoms with Crippen LogP contribution >= 0.6 is 0 Å². The lowest BCUT2D eigenvalue weighted by atomic mass is 9.84. The third-order valence-electron chi connectivity index (χ3n) is 2.81. The van der Waals surface area contributed by atoms with Crippen LogP contribution in [0, 0.1) is 5.92 Å². The zero-order valence-electron chi connectivity index (χ0n) is 7.62. The van der Waals surface area contributed by atoms with Gasteiger partial charge in [0.05, 0.1) is 0 Å². The largest absolute Gasteiger partial charge is 0.426 e. The van der Waals surface area contributed by atoms with Gasteiger partial charge in [-0.25, -0.2) is 0 Å². The van der Waals surface area contributed by atoms with Crippen molar-refractivity contribution in [3.05, 3.63) is 0 Å². The van der Waals surface area contributed by atoms with E-state index in [4.69, 9.17) is 5.11 Å². The molecule has 0 spiro atoms. The van der Waals surface area contributed by atoms with Gasteiger partial charge in [-0.15, -0.1) is 0 Å². The summed E-state index contributed by atoms with van der Waals surface area (Å²) in [4.78, 5) is 0. The van der Waals surface area contributed by atoms with E-state index in [2.05, 4.69) is 0 Å². The molecule has 0 heterocycles. The van der Waals surface area contributed by atoms with Crippen LogP contribution in [0.3, 0.4) is 0 Å². The summed E-state index contributed by atoms with van der Waals surface area (Å²) < 4.78 is 73.7. The molecule has 1 nitrogen and oxygen atoms in total. The van der Waals surface area contributed by atoms with Gasteiger partial charge in [0.2, 0.25) is 0 Å². The van der Waals surface area contributed by atoms with E-state index in [0.29, 0.717) is 12.8 Å². The minimum absolute atomic E-state index is 0.241. The van der Waals surface area contributed by atoms with Crippen LogP contribution in [0.15, 0.2) is 0 Å². The molecule has 1 aliphatic rings. The zero-order chi connectivity index (χ0) is 11.9. The highest BCUT2D eigenvalue weighted by molar-refractivity contribution is 5.00. The molecule has 0 aromatic heterocycles. The van der Waals surface area contributed by atoms with Crippen LogP contribution in [0.25, 0.3) is 0 Å². The quantitative estimate of drug-likeness (QED) is 0.694. The lowest BCUT2D eigenvalue weighted by Crippen LogP contribution is -2.61. The Balaban J connectivity index is 3.06. The number of rotatable bonds is 1. The minimum Gasteiger partial charge on any atom is -0.373 e. The monoisotopic (exact) mass is 236 g/mol. The first-order valence-corrected chi connectivity index (χ1v) is 4.46. The lowest BCUT2D eigenvalue weighted by molar-refractivity contribution is -0.384. The first-order chi connectivity index (χ1) is 6.61. The van der Waals surface area contributed by atoms with E-state index in [1.54, 1.807) is 0 Å². The smallest absolute Gasteiger partial charge is 0.373 e. The van der Waals surface area contributed by atoms with Gasteiger partial charge in [0, 0.05) is 5.92 Å². The summed E-state index contributed by atoms with van der Waals surface area (Å²) in [6.07, 6.45) is -11.2. The lowest BCUT2D eigenvalue weighted by Gasteiger charge is -2.36. The van der Waals surface area contributed by atoms with Gasteiger partial charge >= 0.3 is 12.4 Å². The van der Waals surface area contributed by atoms with Crippen LogP contribution in [0.2, 0.25) is 0 Å². The van der Waals surface area contributed by atoms with E-state index in [9.17, 15) is 26.3 Å². The van der Waals surface area contributed by atoms with E-state index < -0.39 is 23.9 Å². The summed E-state index contributed by atoms with van der Waals surface area (Å²) in [7, 11) is 0. The van der Waals surface area contributed by atoms with Crippen molar-refractivity contribution in [2.24, 2.45) is 5.92 Å². The van der Waals surface area contributed by atoms with Crippen molar-refractivity contribution in [1.29, 1.82) is 0 Å². The van der Waals surface area contributed by atoms with Crippen molar-refractivity contribution in [1.82, 2.24) is 0 Å². The van der Waals surface area contributed by atoms with Gasteiger partial charge in [0.1, 0.15) is 0 Å². The molecular formula is C8H10F6O. The molecule has 1 fully saturated rings. The predicted molar refractivity (Wildman–Crippen MR) is 39.0 cm³/mol. The predicted octanol–water partition coefficient (Wildman–Crippen LogP) is 3.03. The molecule has 0 aromatic carbocycles. The number of alkyl halides is 6. The topological polar surface area (TPSA) is 20.2 Å². The fourth-order valence-electron chi connectivity index (χ4n) is 1.97. The molecule has 1 saturated carbocycles. The molecule has 0 saturated heterocycles. The molecule has 0 radical (unpaired) electrons. The van der Waals surface area contributed by atoms with E-state index in [-0.39, 0.29) is 12.8 Å². The van der Waals surface area contributed by atoms with Gasteiger partial charge < -0.3 is 5.11 Å². The van der Waals surface area contributed by atoms with E-state index in [0.717, 1.165) is 0 Å². The fraction of sp³-hybridized carbons (Fsp3) is 1.00. The number of hydrogen-bond donors (Lipinski definition) is 1. The highest BCUT2D eigenvalue weighted by Gasteiger charge is 2.73. The fourth-order valence-corrected chi connectivity index (χ4v) is 1.97. The van der Waals surface area contributed by atoms with Crippen LogP contribution in [0.5, 0.6) is 0 Å². The summed E-state index contributed by atoms with van der Waals surface area (Å²) in [6.45, 7) is 0. The number of aliphatic hydroxyl groups is 1. The standard InChI is InChI=1S/C8H10F6O/c9-7(10,11)6(15,8(12,13)14)5-3-1-2-4-5/h5,15H,1-4H2. The maximum absolute atomic E-state index is 12.3. The van der Waals surface area contributed by atoms with Gasteiger partial charge in [0.15, 0.2) is 0 Å². The van der Waals surface area contributed by atoms with Crippen molar-refractivity contribution < 1.29 is 31.4 Å². The van der Waals surface area contributed by atoms with Crippen LogP contribution in [-0.2, 0) is 0 Å². The Labute approximate surface area is 82.1 Å². The van der Waals surface area contributed by atoms with Gasteiger partial charge in [-0.05, 0) is 12.8 Å². The Morgan fingerprint density at radius 2 is 1.13 bits per heavy atom. The molecular weight excluding hydrogens is 226 g/mol. The maximum atomic E-state index is 12.3. The average Bonchev–Trinajstić information content (AvgIpc) is 2.49. The summed E-state index contributed by atoms with van der Waals surface area (Å²) in [5.41, 5.74) is -4.55. The second-order valence-electron chi connectivity index (χ2n) is 3.74. The van der Waals surface area contributed by atoms with Crippen molar-refractivity contribution in [2.45, 2.75) is 43.6 Å². The van der Waals surface area contributed by atoms with Crippen molar-refractivity contribution in [3.8, 4) is 0 Å². The molecule has 0 amide bonds. The average molecular weight is 236 g/mol. The van der Waals surface area contributed by atoms with Crippen molar-refractivity contribution in [2.75, 3.05) is 0 Å². The molecule has 0 aliphatic heterocycles. The van der Waals surface area contributed by atoms with Gasteiger partial charge in [-0.3, -0.25) is 0 Å². The van der Waals surface area contributed by atoms with Gasteiger partial charge in [0.25, 0.3) is 5.60 Å². The molecule has 0 aromatic rings. The number of hydrogen-bond acceptors (Lipinski definition) is 1. The maximum Gasteiger partial charge on any atom is 0.426 e. The molecule has 7 heteroatoms. The molecule has 90 valence electrons. The summed E-state index contributed by atoms with van der Waals surface area (Å²) in [6, 6.07) is 0. The highest BCUT2D eigenvalue weighted by atomic mass is 19.4. The molecule has 1 N–H and O–H groups in total. The van der Waals surface area contributed by atoms with Crippen molar-refractivity contribution >= 4 is 0 Å². The van der Waals surface area contributed by atoms with Crippen LogP contribution < -0.4 is 0 Å². The molecule has 0 unspecified atom stereocenters. The minimum atomic E-state index is -5.67. The Kier molecular flexibility index (Phi) is 2.97. The second kappa shape index (κ2) is 3.54. The van der Waals surface area contributed by atoms with Crippen LogP contribution in [-0.4, -0.2) is 23.1 Å². The molecule has 0 atom stereocenters. The molecule has 1 rings (SSSR count). The first-order valence-electron chi connectivity index (χ1n) is 4.46. The van der Waals surface area contributed by atoms with E-state index in [1.807, 2.05) is 0 Å². The Hall–Kier alpha value is -0.460. The van der Waals surface area contributed by atoms with Crippen molar-refractivity contribution in [3.63, 3.8) is 0 Å². The second-order valence-corrected chi connectivity index (χ2v) is 3.74. The molecule has 15 heavy (non-hydrogen) atoms. The van der Waals surface area contributed by atoms with Gasteiger partial charge in [-0.1, -0.05) is 12.8 Å². The highest BCUT2D eigenvalue weighted by Crippen LogP contribution is 2.52. The zero-order valence-corrected chi connectivity index (χ0v) is 7.62. The Morgan fingerprint density at radius 3 is 1.40 bits per heavy atom. The molecule has 0 bridgehead atoms. The summed E-state index contributed by atoms with van der Waals surface area (Å²) >= 11 is 0. The first kappa shape index (κ1) is 12.6. The van der Waals surface area contributed by atoms with Crippen LogP contribution in [0.4, 0.5) is 26.3 Å². The molecule has 1 aliphatic carbocycles. The normalized spacial score (nSPS) is 21.0. The van der Waals surface area contributed by atoms with E-state index in [1.165, 1.54) is 0 Å².